The predicted molar refractivity (Wildman–Crippen MR) is 92.1 cm³/mol. The first-order chi connectivity index (χ1) is 11.6. The quantitative estimate of drug-likeness (QED) is 0.760. The highest BCUT2D eigenvalue weighted by atomic mass is 16.4. The van der Waals surface area contributed by atoms with E-state index in [1.54, 1.807) is 4.90 Å². The zero-order valence-corrected chi connectivity index (χ0v) is 13.2. The number of H-pyrrole nitrogens is 1. The van der Waals surface area contributed by atoms with Crippen molar-refractivity contribution in [1.29, 1.82) is 0 Å². The number of aliphatic carboxylic acids is 1. The minimum Gasteiger partial charge on any atom is -0.481 e. The standard InChI is InChI=1S/C19H18N2O3/c22-18(21-9-7-13(8-10-21)19(23)24)17-11-15-14-4-2-1-3-12(14)5-6-16(15)20-17/h1-6,11,13,20H,7-10H2,(H,23,24). The monoisotopic (exact) mass is 322 g/mol. The smallest absolute Gasteiger partial charge is 0.306 e. The molecule has 0 bridgehead atoms. The van der Waals surface area contributed by atoms with Crippen molar-refractivity contribution < 1.29 is 14.7 Å². The van der Waals surface area contributed by atoms with Crippen LogP contribution in [0.15, 0.2) is 42.5 Å². The molecule has 1 amide bonds. The van der Waals surface area contributed by atoms with E-state index in [1.807, 2.05) is 30.3 Å². The van der Waals surface area contributed by atoms with Crippen molar-refractivity contribution in [2.45, 2.75) is 12.8 Å². The summed E-state index contributed by atoms with van der Waals surface area (Å²) in [5, 5.41) is 12.4. The Hall–Kier alpha value is -2.82. The SMILES string of the molecule is O=C(O)C1CCN(C(=O)c2cc3c(ccc4ccccc43)[nH]2)CC1. The molecule has 2 N–H and O–H groups in total. The number of carbonyl (C=O) groups is 2. The summed E-state index contributed by atoms with van der Waals surface area (Å²) in [5.41, 5.74) is 1.51. The molecule has 1 aromatic heterocycles. The number of hydrogen-bond acceptors (Lipinski definition) is 2. The highest BCUT2D eigenvalue weighted by Crippen LogP contribution is 2.27. The zero-order valence-electron chi connectivity index (χ0n) is 13.2. The van der Waals surface area contributed by atoms with Gasteiger partial charge in [-0.3, -0.25) is 9.59 Å². The fraction of sp³-hybridized carbons (Fsp3) is 0.263. The van der Waals surface area contributed by atoms with Gasteiger partial charge in [-0.1, -0.05) is 30.3 Å². The molecule has 0 atom stereocenters. The Bertz CT molecular complexity index is 936. The molecule has 122 valence electrons. The molecule has 0 unspecified atom stereocenters. The number of likely N-dealkylation sites (tertiary alicyclic amines) is 1. The lowest BCUT2D eigenvalue weighted by molar-refractivity contribution is -0.143. The van der Waals surface area contributed by atoms with Crippen molar-refractivity contribution in [3.05, 3.63) is 48.2 Å². The summed E-state index contributed by atoms with van der Waals surface area (Å²) in [7, 11) is 0. The van der Waals surface area contributed by atoms with E-state index in [0.717, 1.165) is 21.7 Å². The van der Waals surface area contributed by atoms with Crippen LogP contribution in [0.25, 0.3) is 21.7 Å². The summed E-state index contributed by atoms with van der Waals surface area (Å²) >= 11 is 0. The van der Waals surface area contributed by atoms with Crippen LogP contribution in [-0.4, -0.2) is 40.0 Å². The second-order valence-corrected chi connectivity index (χ2v) is 6.34. The number of nitrogens with zero attached hydrogens (tertiary/aromatic N) is 1. The van der Waals surface area contributed by atoms with Crippen molar-refractivity contribution in [3.8, 4) is 0 Å². The fourth-order valence-electron chi connectivity index (χ4n) is 3.50. The first-order valence-electron chi connectivity index (χ1n) is 8.16. The topological polar surface area (TPSA) is 73.4 Å². The number of benzene rings is 2. The maximum Gasteiger partial charge on any atom is 0.306 e. The Labute approximate surface area is 138 Å². The summed E-state index contributed by atoms with van der Waals surface area (Å²) in [6.07, 6.45) is 1.04. The molecule has 5 heteroatoms. The Morgan fingerprint density at radius 1 is 1.04 bits per heavy atom. The first kappa shape index (κ1) is 14.8. The molecular weight excluding hydrogens is 304 g/mol. The van der Waals surface area contributed by atoms with E-state index >= 15 is 0 Å². The predicted octanol–water partition coefficient (Wildman–Crippen LogP) is 3.26. The normalized spacial score (nSPS) is 15.9. The number of rotatable bonds is 2. The number of aromatic amines is 1. The molecule has 2 aromatic carbocycles. The molecule has 1 fully saturated rings. The number of aromatic nitrogens is 1. The third-order valence-electron chi connectivity index (χ3n) is 4.89. The lowest BCUT2D eigenvalue weighted by Gasteiger charge is -2.29. The molecular formula is C19H18N2O3. The average molecular weight is 322 g/mol. The maximum atomic E-state index is 12.7. The van der Waals surface area contributed by atoms with Gasteiger partial charge in [-0.15, -0.1) is 0 Å². The Morgan fingerprint density at radius 3 is 2.54 bits per heavy atom. The van der Waals surface area contributed by atoms with E-state index in [0.29, 0.717) is 31.6 Å². The zero-order chi connectivity index (χ0) is 16.7. The lowest BCUT2D eigenvalue weighted by atomic mass is 9.97. The van der Waals surface area contributed by atoms with Crippen molar-refractivity contribution in [2.24, 2.45) is 5.92 Å². The van der Waals surface area contributed by atoms with Crippen molar-refractivity contribution in [2.75, 3.05) is 13.1 Å². The molecule has 3 aromatic rings. The lowest BCUT2D eigenvalue weighted by Crippen LogP contribution is -2.40. The van der Waals surface area contributed by atoms with Gasteiger partial charge in [0.05, 0.1) is 5.92 Å². The number of amides is 1. The van der Waals surface area contributed by atoms with E-state index in [9.17, 15) is 9.59 Å². The Balaban J connectivity index is 1.63. The van der Waals surface area contributed by atoms with Gasteiger partial charge in [-0.25, -0.2) is 0 Å². The van der Waals surface area contributed by atoms with Crippen LogP contribution in [0, 0.1) is 5.92 Å². The van der Waals surface area contributed by atoms with Gasteiger partial charge >= 0.3 is 5.97 Å². The van der Waals surface area contributed by atoms with Crippen molar-refractivity contribution in [3.63, 3.8) is 0 Å². The molecule has 0 aliphatic carbocycles. The summed E-state index contributed by atoms with van der Waals surface area (Å²) in [6, 6.07) is 14.0. The second-order valence-electron chi connectivity index (χ2n) is 6.34. The highest BCUT2D eigenvalue weighted by Gasteiger charge is 2.28. The molecule has 0 saturated carbocycles. The molecule has 24 heavy (non-hydrogen) atoms. The number of carbonyl (C=O) groups excluding carboxylic acids is 1. The van der Waals surface area contributed by atoms with E-state index in [2.05, 4.69) is 17.1 Å². The van der Waals surface area contributed by atoms with Gasteiger partial charge in [0, 0.05) is 24.0 Å². The van der Waals surface area contributed by atoms with Crippen LogP contribution in [-0.2, 0) is 4.79 Å². The van der Waals surface area contributed by atoms with Crippen LogP contribution in [0.3, 0.4) is 0 Å². The van der Waals surface area contributed by atoms with Crippen LogP contribution >= 0.6 is 0 Å². The number of carboxylic acids is 1. The minimum atomic E-state index is -0.765. The molecule has 1 aliphatic heterocycles. The van der Waals surface area contributed by atoms with Gasteiger partial charge in [-0.2, -0.15) is 0 Å². The summed E-state index contributed by atoms with van der Waals surface area (Å²) in [4.78, 5) is 28.7. The molecule has 5 nitrogen and oxygen atoms in total. The van der Waals surface area contributed by atoms with Gasteiger partial charge in [0.15, 0.2) is 0 Å². The van der Waals surface area contributed by atoms with Crippen molar-refractivity contribution in [1.82, 2.24) is 9.88 Å². The third kappa shape index (κ3) is 2.42. The molecule has 1 saturated heterocycles. The molecule has 1 aliphatic rings. The van der Waals surface area contributed by atoms with Crippen LogP contribution in [0.5, 0.6) is 0 Å². The van der Waals surface area contributed by atoms with Crippen LogP contribution in [0.2, 0.25) is 0 Å². The molecule has 0 radical (unpaired) electrons. The van der Waals surface area contributed by atoms with Gasteiger partial charge in [-0.05, 0) is 35.7 Å². The summed E-state index contributed by atoms with van der Waals surface area (Å²) in [6.45, 7) is 0.984. The number of nitrogens with one attached hydrogen (secondary N) is 1. The highest BCUT2D eigenvalue weighted by molar-refractivity contribution is 6.09. The summed E-state index contributed by atoms with van der Waals surface area (Å²) in [5.74, 6) is -1.15. The van der Waals surface area contributed by atoms with Crippen molar-refractivity contribution >= 4 is 33.6 Å². The molecule has 2 heterocycles. The van der Waals surface area contributed by atoms with Gasteiger partial charge < -0.3 is 15.0 Å². The van der Waals surface area contributed by atoms with E-state index in [-0.39, 0.29) is 11.8 Å². The number of piperidine rings is 1. The largest absolute Gasteiger partial charge is 0.481 e. The average Bonchev–Trinajstić information content (AvgIpc) is 3.06. The van der Waals surface area contributed by atoms with Crippen LogP contribution < -0.4 is 0 Å². The first-order valence-corrected chi connectivity index (χ1v) is 8.16. The fourth-order valence-corrected chi connectivity index (χ4v) is 3.50. The molecule has 4 rings (SSSR count). The number of carboxylic acid groups (broad SMARTS) is 1. The van der Waals surface area contributed by atoms with Gasteiger partial charge in [0.25, 0.3) is 5.91 Å². The van der Waals surface area contributed by atoms with E-state index in [1.165, 1.54) is 0 Å². The minimum absolute atomic E-state index is 0.0564. The van der Waals surface area contributed by atoms with Crippen LogP contribution in [0.4, 0.5) is 0 Å². The third-order valence-corrected chi connectivity index (χ3v) is 4.89. The van der Waals surface area contributed by atoms with Gasteiger partial charge in [0.2, 0.25) is 0 Å². The Kier molecular flexibility index (Phi) is 3.49. The van der Waals surface area contributed by atoms with E-state index < -0.39 is 5.97 Å². The maximum absolute atomic E-state index is 12.7. The number of fused-ring (bicyclic) bond motifs is 3. The van der Waals surface area contributed by atoms with Gasteiger partial charge in [0.1, 0.15) is 5.69 Å². The Morgan fingerprint density at radius 2 is 1.79 bits per heavy atom. The van der Waals surface area contributed by atoms with E-state index in [4.69, 9.17) is 5.11 Å². The van der Waals surface area contributed by atoms with Crippen LogP contribution in [0.1, 0.15) is 23.3 Å². The summed E-state index contributed by atoms with van der Waals surface area (Å²) < 4.78 is 0. The molecule has 0 spiro atoms. The number of hydrogen-bond donors (Lipinski definition) is 2. The second kappa shape index (κ2) is 5.67.